The lowest BCUT2D eigenvalue weighted by Crippen LogP contribution is -2.27. The molecule has 0 aliphatic rings. The van der Waals surface area contributed by atoms with Gasteiger partial charge in [0.25, 0.3) is 5.91 Å². The van der Waals surface area contributed by atoms with Crippen LogP contribution in [0, 0.1) is 12.7 Å². The van der Waals surface area contributed by atoms with E-state index >= 15 is 0 Å². The summed E-state index contributed by atoms with van der Waals surface area (Å²) in [4.78, 5) is 28.1. The van der Waals surface area contributed by atoms with Crippen LogP contribution in [0.5, 0.6) is 0 Å². The molecule has 0 atom stereocenters. The summed E-state index contributed by atoms with van der Waals surface area (Å²) in [6.07, 6.45) is 2.20. The van der Waals surface area contributed by atoms with Crippen LogP contribution in [-0.4, -0.2) is 33.4 Å². The van der Waals surface area contributed by atoms with E-state index in [0.717, 1.165) is 28.7 Å². The SMILES string of the molecule is Cc1nsc(N(C)C(=O)c2cncc(F)c2)c1C(=O)O. The first-order chi connectivity index (χ1) is 9.41. The van der Waals surface area contributed by atoms with E-state index in [1.54, 1.807) is 6.92 Å². The molecule has 1 amide bonds. The number of nitrogens with zero attached hydrogens (tertiary/aromatic N) is 3. The number of pyridine rings is 1. The smallest absolute Gasteiger partial charge is 0.340 e. The molecule has 0 saturated heterocycles. The minimum atomic E-state index is -1.16. The van der Waals surface area contributed by atoms with E-state index in [0.29, 0.717) is 5.69 Å². The first kappa shape index (κ1) is 14.1. The molecule has 0 radical (unpaired) electrons. The molecule has 0 saturated carbocycles. The highest BCUT2D eigenvalue weighted by atomic mass is 32.1. The number of anilines is 1. The van der Waals surface area contributed by atoms with Crippen LogP contribution in [0.2, 0.25) is 0 Å². The first-order valence-corrected chi connectivity index (χ1v) is 6.27. The molecule has 0 spiro atoms. The van der Waals surface area contributed by atoms with Crippen molar-refractivity contribution >= 4 is 28.4 Å². The van der Waals surface area contributed by atoms with Gasteiger partial charge in [0.15, 0.2) is 0 Å². The fraction of sp³-hybridized carbons (Fsp3) is 0.167. The fourth-order valence-corrected chi connectivity index (χ4v) is 2.49. The number of rotatable bonds is 3. The number of carbonyl (C=O) groups excluding carboxylic acids is 1. The van der Waals surface area contributed by atoms with Crippen LogP contribution in [0.15, 0.2) is 18.5 Å². The molecule has 8 heteroatoms. The predicted molar refractivity (Wildman–Crippen MR) is 70.7 cm³/mol. The molecular weight excluding hydrogens is 285 g/mol. The van der Waals surface area contributed by atoms with E-state index in [1.165, 1.54) is 13.2 Å². The maximum atomic E-state index is 13.1. The van der Waals surface area contributed by atoms with Crippen molar-refractivity contribution in [2.24, 2.45) is 0 Å². The monoisotopic (exact) mass is 295 g/mol. The van der Waals surface area contributed by atoms with E-state index in [9.17, 15) is 14.0 Å². The van der Waals surface area contributed by atoms with Crippen LogP contribution in [0.3, 0.4) is 0 Å². The molecule has 104 valence electrons. The number of halogens is 1. The molecule has 0 aliphatic heterocycles. The van der Waals surface area contributed by atoms with Gasteiger partial charge in [0, 0.05) is 13.2 Å². The van der Waals surface area contributed by atoms with Crippen LogP contribution in [0.4, 0.5) is 9.39 Å². The standard InChI is InChI=1S/C12H10FN3O3S/c1-6-9(12(18)19)11(20-15-6)16(2)10(17)7-3-8(13)5-14-4-7/h3-5H,1-2H3,(H,18,19). The van der Waals surface area contributed by atoms with E-state index < -0.39 is 17.7 Å². The second kappa shape index (κ2) is 5.33. The van der Waals surface area contributed by atoms with E-state index in [2.05, 4.69) is 9.36 Å². The van der Waals surface area contributed by atoms with Crippen LogP contribution in [0.1, 0.15) is 26.4 Å². The highest BCUT2D eigenvalue weighted by Gasteiger charge is 2.24. The molecule has 1 N–H and O–H groups in total. The van der Waals surface area contributed by atoms with Crippen molar-refractivity contribution in [1.82, 2.24) is 9.36 Å². The van der Waals surface area contributed by atoms with Gasteiger partial charge in [-0.15, -0.1) is 0 Å². The maximum absolute atomic E-state index is 13.1. The van der Waals surface area contributed by atoms with E-state index in [1.807, 2.05) is 0 Å². The molecule has 2 heterocycles. The fourth-order valence-electron chi connectivity index (χ4n) is 1.65. The summed E-state index contributed by atoms with van der Waals surface area (Å²) < 4.78 is 17.0. The number of amides is 1. The highest BCUT2D eigenvalue weighted by molar-refractivity contribution is 7.11. The number of hydrogen-bond acceptors (Lipinski definition) is 5. The van der Waals surface area contributed by atoms with Gasteiger partial charge in [0.1, 0.15) is 16.4 Å². The summed E-state index contributed by atoms with van der Waals surface area (Å²) in [6, 6.07) is 1.04. The lowest BCUT2D eigenvalue weighted by Gasteiger charge is -2.15. The van der Waals surface area contributed by atoms with Gasteiger partial charge in [-0.2, -0.15) is 4.37 Å². The number of hydrogen-bond donors (Lipinski definition) is 1. The van der Waals surface area contributed by atoms with Gasteiger partial charge >= 0.3 is 5.97 Å². The Bertz CT molecular complexity index is 686. The quantitative estimate of drug-likeness (QED) is 0.935. The van der Waals surface area contributed by atoms with E-state index in [-0.39, 0.29) is 16.1 Å². The normalized spacial score (nSPS) is 10.3. The van der Waals surface area contributed by atoms with Crippen molar-refractivity contribution < 1.29 is 19.1 Å². The third kappa shape index (κ3) is 2.50. The van der Waals surface area contributed by atoms with Crippen molar-refractivity contribution in [3.8, 4) is 0 Å². The average Bonchev–Trinajstić information content (AvgIpc) is 2.79. The summed E-state index contributed by atoms with van der Waals surface area (Å²) in [6.45, 7) is 1.55. The van der Waals surface area contributed by atoms with Gasteiger partial charge < -0.3 is 10.0 Å². The van der Waals surface area contributed by atoms with E-state index in [4.69, 9.17) is 5.11 Å². The molecule has 2 aromatic heterocycles. The Morgan fingerprint density at radius 2 is 2.10 bits per heavy atom. The van der Waals surface area contributed by atoms with Crippen LogP contribution >= 0.6 is 11.5 Å². The Morgan fingerprint density at radius 3 is 2.70 bits per heavy atom. The number of carbonyl (C=O) groups is 2. The van der Waals surface area contributed by atoms with Gasteiger partial charge in [-0.3, -0.25) is 9.78 Å². The van der Waals surface area contributed by atoms with Crippen molar-refractivity contribution in [3.05, 3.63) is 41.1 Å². The molecular formula is C12H10FN3O3S. The third-order valence-corrected chi connectivity index (χ3v) is 3.64. The zero-order valence-electron chi connectivity index (χ0n) is 10.6. The zero-order valence-corrected chi connectivity index (χ0v) is 11.4. The van der Waals surface area contributed by atoms with Gasteiger partial charge in [0.2, 0.25) is 0 Å². The second-order valence-corrected chi connectivity index (χ2v) is 4.76. The van der Waals surface area contributed by atoms with Gasteiger partial charge in [0.05, 0.1) is 17.5 Å². The second-order valence-electron chi connectivity index (χ2n) is 4.01. The van der Waals surface area contributed by atoms with Crippen molar-refractivity contribution in [3.63, 3.8) is 0 Å². The molecule has 2 rings (SSSR count). The number of carboxylic acids is 1. The van der Waals surface area contributed by atoms with Crippen LogP contribution < -0.4 is 4.90 Å². The number of aryl methyl sites for hydroxylation is 1. The Labute approximate surface area is 117 Å². The minimum Gasteiger partial charge on any atom is -0.478 e. The highest BCUT2D eigenvalue weighted by Crippen LogP contribution is 2.28. The number of carboxylic acid groups (broad SMARTS) is 1. The predicted octanol–water partition coefficient (Wildman–Crippen LogP) is 1.96. The van der Waals surface area contributed by atoms with Crippen LogP contribution in [0.25, 0.3) is 0 Å². The Balaban J connectivity index is 2.39. The summed E-state index contributed by atoms with van der Waals surface area (Å²) in [5.41, 5.74) is 0.333. The molecule has 20 heavy (non-hydrogen) atoms. The lowest BCUT2D eigenvalue weighted by molar-refractivity contribution is 0.0697. The molecule has 0 unspecified atom stereocenters. The summed E-state index contributed by atoms with van der Waals surface area (Å²) >= 11 is 0.900. The average molecular weight is 295 g/mol. The lowest BCUT2D eigenvalue weighted by atomic mass is 10.2. The zero-order chi connectivity index (χ0) is 14.9. The Morgan fingerprint density at radius 1 is 1.40 bits per heavy atom. The van der Waals surface area contributed by atoms with Gasteiger partial charge in [-0.05, 0) is 24.5 Å². The number of aromatic carboxylic acids is 1. The summed E-state index contributed by atoms with van der Waals surface area (Å²) in [7, 11) is 1.41. The third-order valence-electron chi connectivity index (χ3n) is 2.62. The Kier molecular flexibility index (Phi) is 3.75. The van der Waals surface area contributed by atoms with Gasteiger partial charge in [-0.25, -0.2) is 9.18 Å². The number of aromatic nitrogens is 2. The molecule has 0 aromatic carbocycles. The topological polar surface area (TPSA) is 83.4 Å². The van der Waals surface area contributed by atoms with Crippen molar-refractivity contribution in [1.29, 1.82) is 0 Å². The van der Waals surface area contributed by atoms with Crippen molar-refractivity contribution in [2.75, 3.05) is 11.9 Å². The van der Waals surface area contributed by atoms with Crippen LogP contribution in [-0.2, 0) is 0 Å². The maximum Gasteiger partial charge on any atom is 0.340 e. The first-order valence-electron chi connectivity index (χ1n) is 5.50. The molecule has 0 aliphatic carbocycles. The molecule has 0 bridgehead atoms. The minimum absolute atomic E-state index is 0.0322. The van der Waals surface area contributed by atoms with Crippen molar-refractivity contribution in [2.45, 2.75) is 6.92 Å². The molecule has 6 nitrogen and oxygen atoms in total. The summed E-state index contributed by atoms with van der Waals surface area (Å²) in [5, 5.41) is 9.34. The Hall–Kier alpha value is -2.35. The molecule has 2 aromatic rings. The largest absolute Gasteiger partial charge is 0.478 e. The van der Waals surface area contributed by atoms with Gasteiger partial charge in [-0.1, -0.05) is 0 Å². The molecule has 0 fully saturated rings. The summed E-state index contributed by atoms with van der Waals surface area (Å²) in [5.74, 6) is -2.35.